The summed E-state index contributed by atoms with van der Waals surface area (Å²) in [6.07, 6.45) is 0. The topological polar surface area (TPSA) is 92.4 Å². The number of rotatable bonds is 4. The molecule has 0 radical (unpaired) electrons. The molecular weight excluding hydrogens is 172 g/mol. The van der Waals surface area contributed by atoms with Crippen LogP contribution < -0.4 is 11.1 Å². The van der Waals surface area contributed by atoms with Crippen molar-refractivity contribution in [2.75, 3.05) is 6.54 Å². The molecule has 0 heterocycles. The van der Waals surface area contributed by atoms with Gasteiger partial charge in [-0.15, -0.1) is 0 Å². The molecule has 5 nitrogen and oxygen atoms in total. The standard InChI is InChI=1S/C8H16N2O3/c1-5(6(11)12)10-7(13)8(2,3)4-9/h5H,4,9H2,1-3H3,(H,10,13)(H,11,12)/t5-/m1/s1. The summed E-state index contributed by atoms with van der Waals surface area (Å²) in [7, 11) is 0. The molecule has 0 aliphatic rings. The van der Waals surface area contributed by atoms with E-state index in [2.05, 4.69) is 5.32 Å². The lowest BCUT2D eigenvalue weighted by Gasteiger charge is -2.22. The van der Waals surface area contributed by atoms with Gasteiger partial charge < -0.3 is 16.2 Å². The number of hydrogen-bond acceptors (Lipinski definition) is 3. The Morgan fingerprint density at radius 3 is 2.31 bits per heavy atom. The monoisotopic (exact) mass is 188 g/mol. The molecule has 76 valence electrons. The first-order valence-corrected chi connectivity index (χ1v) is 4.05. The molecule has 1 amide bonds. The Bertz CT molecular complexity index is 213. The summed E-state index contributed by atoms with van der Waals surface area (Å²) in [5, 5.41) is 10.9. The minimum absolute atomic E-state index is 0.186. The second-order valence-corrected chi connectivity index (χ2v) is 3.62. The molecule has 1 atom stereocenters. The molecule has 0 aliphatic heterocycles. The van der Waals surface area contributed by atoms with Crippen LogP contribution in [0, 0.1) is 5.41 Å². The second kappa shape index (κ2) is 4.23. The highest BCUT2D eigenvalue weighted by Gasteiger charge is 2.28. The zero-order chi connectivity index (χ0) is 10.6. The number of carboxylic acid groups (broad SMARTS) is 1. The average Bonchev–Trinajstić information content (AvgIpc) is 2.04. The van der Waals surface area contributed by atoms with Gasteiger partial charge in [-0.1, -0.05) is 0 Å². The third kappa shape index (κ3) is 3.42. The molecule has 0 saturated carbocycles. The summed E-state index contributed by atoms with van der Waals surface area (Å²) in [5.74, 6) is -1.40. The van der Waals surface area contributed by atoms with E-state index in [4.69, 9.17) is 10.8 Å². The second-order valence-electron chi connectivity index (χ2n) is 3.62. The maximum Gasteiger partial charge on any atom is 0.325 e. The molecule has 0 bridgehead atoms. The van der Waals surface area contributed by atoms with Crippen LogP contribution in [0.5, 0.6) is 0 Å². The molecule has 0 aliphatic carbocycles. The zero-order valence-electron chi connectivity index (χ0n) is 8.13. The number of aliphatic carboxylic acids is 1. The van der Waals surface area contributed by atoms with Gasteiger partial charge in [0.25, 0.3) is 0 Å². The summed E-state index contributed by atoms with van der Waals surface area (Å²) in [6.45, 7) is 4.92. The Balaban J connectivity index is 4.23. The maximum atomic E-state index is 11.4. The van der Waals surface area contributed by atoms with Gasteiger partial charge in [0.1, 0.15) is 6.04 Å². The van der Waals surface area contributed by atoms with Crippen LogP contribution in [0.15, 0.2) is 0 Å². The Morgan fingerprint density at radius 1 is 1.54 bits per heavy atom. The first-order valence-electron chi connectivity index (χ1n) is 4.05. The van der Waals surface area contributed by atoms with Crippen molar-refractivity contribution in [3.63, 3.8) is 0 Å². The summed E-state index contributed by atoms with van der Waals surface area (Å²) in [6, 6.07) is -0.877. The van der Waals surface area contributed by atoms with E-state index in [9.17, 15) is 9.59 Å². The fourth-order valence-corrected chi connectivity index (χ4v) is 0.546. The number of carbonyl (C=O) groups excluding carboxylic acids is 1. The Kier molecular flexibility index (Phi) is 3.87. The minimum atomic E-state index is -1.05. The lowest BCUT2D eigenvalue weighted by Crippen LogP contribution is -2.47. The van der Waals surface area contributed by atoms with Gasteiger partial charge in [-0.25, -0.2) is 0 Å². The molecule has 13 heavy (non-hydrogen) atoms. The number of nitrogens with one attached hydrogen (secondary N) is 1. The summed E-state index contributed by atoms with van der Waals surface area (Å²) in [4.78, 5) is 21.8. The largest absolute Gasteiger partial charge is 0.480 e. The van der Waals surface area contributed by atoms with Gasteiger partial charge in [-0.05, 0) is 20.8 Å². The number of hydrogen-bond donors (Lipinski definition) is 3. The van der Waals surface area contributed by atoms with Crippen molar-refractivity contribution < 1.29 is 14.7 Å². The minimum Gasteiger partial charge on any atom is -0.480 e. The summed E-state index contributed by atoms with van der Waals surface area (Å²) < 4.78 is 0. The van der Waals surface area contributed by atoms with Crippen molar-refractivity contribution in [3.05, 3.63) is 0 Å². The van der Waals surface area contributed by atoms with E-state index in [0.29, 0.717) is 0 Å². The number of carbonyl (C=O) groups is 2. The summed E-state index contributed by atoms with van der Waals surface area (Å²) in [5.41, 5.74) is 4.63. The molecule has 0 aromatic rings. The molecular formula is C8H16N2O3. The van der Waals surface area contributed by atoms with Crippen LogP contribution >= 0.6 is 0 Å². The lowest BCUT2D eigenvalue weighted by atomic mass is 9.92. The Labute approximate surface area is 77.3 Å². The smallest absolute Gasteiger partial charge is 0.325 e. The zero-order valence-corrected chi connectivity index (χ0v) is 8.13. The SMILES string of the molecule is C[C@@H](NC(=O)C(C)(C)CN)C(=O)O. The third-order valence-corrected chi connectivity index (χ3v) is 1.84. The molecule has 5 heteroatoms. The van der Waals surface area contributed by atoms with E-state index in [1.807, 2.05) is 0 Å². The number of amides is 1. The van der Waals surface area contributed by atoms with Gasteiger partial charge in [0, 0.05) is 6.54 Å². The van der Waals surface area contributed by atoms with Crippen molar-refractivity contribution in [3.8, 4) is 0 Å². The lowest BCUT2D eigenvalue weighted by molar-refractivity contribution is -0.142. The first-order chi connectivity index (χ1) is 5.81. The first kappa shape index (κ1) is 11.9. The Hall–Kier alpha value is -1.10. The van der Waals surface area contributed by atoms with Gasteiger partial charge >= 0.3 is 5.97 Å². The fourth-order valence-electron chi connectivity index (χ4n) is 0.546. The van der Waals surface area contributed by atoms with Crippen molar-refractivity contribution >= 4 is 11.9 Å². The fraction of sp³-hybridized carbons (Fsp3) is 0.750. The van der Waals surface area contributed by atoms with Crippen molar-refractivity contribution in [1.82, 2.24) is 5.32 Å². The molecule has 0 unspecified atom stereocenters. The predicted octanol–water partition coefficient (Wildman–Crippen LogP) is -0.439. The summed E-state index contributed by atoms with van der Waals surface area (Å²) >= 11 is 0. The van der Waals surface area contributed by atoms with E-state index < -0.39 is 17.4 Å². The molecule has 0 aromatic heterocycles. The normalized spacial score (nSPS) is 13.5. The van der Waals surface area contributed by atoms with Crippen LogP contribution in [-0.2, 0) is 9.59 Å². The number of nitrogens with two attached hydrogens (primary N) is 1. The van der Waals surface area contributed by atoms with Crippen molar-refractivity contribution in [2.45, 2.75) is 26.8 Å². The molecule has 4 N–H and O–H groups in total. The van der Waals surface area contributed by atoms with Gasteiger partial charge in [0.05, 0.1) is 5.41 Å². The molecule has 0 rings (SSSR count). The Morgan fingerprint density at radius 2 is 2.00 bits per heavy atom. The number of carboxylic acids is 1. The van der Waals surface area contributed by atoms with Gasteiger partial charge in [0.2, 0.25) is 5.91 Å². The van der Waals surface area contributed by atoms with Gasteiger partial charge in [-0.3, -0.25) is 9.59 Å². The van der Waals surface area contributed by atoms with Crippen LogP contribution in [0.1, 0.15) is 20.8 Å². The quantitative estimate of drug-likeness (QED) is 0.557. The predicted molar refractivity (Wildman–Crippen MR) is 48.1 cm³/mol. The van der Waals surface area contributed by atoms with E-state index in [0.717, 1.165) is 0 Å². The van der Waals surface area contributed by atoms with Gasteiger partial charge in [0.15, 0.2) is 0 Å². The molecule has 0 saturated heterocycles. The van der Waals surface area contributed by atoms with E-state index in [-0.39, 0.29) is 12.5 Å². The van der Waals surface area contributed by atoms with Crippen LogP contribution in [0.4, 0.5) is 0 Å². The van der Waals surface area contributed by atoms with E-state index in [1.54, 1.807) is 13.8 Å². The molecule has 0 spiro atoms. The van der Waals surface area contributed by atoms with Crippen LogP contribution in [0.3, 0.4) is 0 Å². The molecule has 0 fully saturated rings. The maximum absolute atomic E-state index is 11.4. The van der Waals surface area contributed by atoms with Crippen LogP contribution in [-0.4, -0.2) is 29.6 Å². The molecule has 0 aromatic carbocycles. The van der Waals surface area contributed by atoms with E-state index >= 15 is 0 Å². The van der Waals surface area contributed by atoms with E-state index in [1.165, 1.54) is 6.92 Å². The highest BCUT2D eigenvalue weighted by molar-refractivity contribution is 5.86. The van der Waals surface area contributed by atoms with Gasteiger partial charge in [-0.2, -0.15) is 0 Å². The van der Waals surface area contributed by atoms with Crippen LogP contribution in [0.25, 0.3) is 0 Å². The highest BCUT2D eigenvalue weighted by atomic mass is 16.4. The van der Waals surface area contributed by atoms with Crippen molar-refractivity contribution in [2.24, 2.45) is 11.1 Å². The average molecular weight is 188 g/mol. The highest BCUT2D eigenvalue weighted by Crippen LogP contribution is 2.12. The van der Waals surface area contributed by atoms with Crippen LogP contribution in [0.2, 0.25) is 0 Å². The third-order valence-electron chi connectivity index (χ3n) is 1.84. The van der Waals surface area contributed by atoms with Crippen molar-refractivity contribution in [1.29, 1.82) is 0 Å².